The number of nitrogens with two attached hydrogens (primary N) is 1. The summed E-state index contributed by atoms with van der Waals surface area (Å²) in [5, 5.41) is 1.41. The minimum atomic E-state index is 0.124. The van der Waals surface area contributed by atoms with Crippen LogP contribution in [0.1, 0.15) is 5.56 Å². The lowest BCUT2D eigenvalue weighted by Gasteiger charge is -2.16. The van der Waals surface area contributed by atoms with Crippen LogP contribution in [0.5, 0.6) is 0 Å². The highest BCUT2D eigenvalue weighted by Gasteiger charge is 2.11. The molecule has 0 aliphatic carbocycles. The predicted octanol–water partition coefficient (Wildman–Crippen LogP) is 3.56. The molecule has 0 aliphatic rings. The lowest BCUT2D eigenvalue weighted by atomic mass is 10.1. The number of aromatic nitrogens is 1. The van der Waals surface area contributed by atoms with Gasteiger partial charge in [0.05, 0.1) is 5.02 Å². The Balaban J connectivity index is 1.94. The Kier molecular flexibility index (Phi) is 6.13. The van der Waals surface area contributed by atoms with Crippen LogP contribution in [-0.4, -0.2) is 16.8 Å². The van der Waals surface area contributed by atoms with Crippen LogP contribution in [0.25, 0.3) is 0 Å². The highest BCUT2D eigenvalue weighted by molar-refractivity contribution is 7.99. The summed E-state index contributed by atoms with van der Waals surface area (Å²) in [5.74, 6) is 6.45. The summed E-state index contributed by atoms with van der Waals surface area (Å²) in [6.07, 6.45) is 4.14. The largest absolute Gasteiger partial charge is 0.271 e. The second kappa shape index (κ2) is 7.86. The van der Waals surface area contributed by atoms with Crippen LogP contribution in [-0.2, 0) is 6.42 Å². The minimum absolute atomic E-state index is 0.124. The van der Waals surface area contributed by atoms with Gasteiger partial charge in [-0.2, -0.15) is 0 Å². The van der Waals surface area contributed by atoms with Gasteiger partial charge in [0.15, 0.2) is 0 Å². The number of halogens is 2. The van der Waals surface area contributed by atoms with Crippen LogP contribution in [0.15, 0.2) is 47.6 Å². The molecule has 3 N–H and O–H groups in total. The number of benzene rings is 1. The molecule has 1 aromatic heterocycles. The highest BCUT2D eigenvalue weighted by Crippen LogP contribution is 2.23. The molecule has 0 amide bonds. The fourth-order valence-electron chi connectivity index (χ4n) is 1.75. The van der Waals surface area contributed by atoms with Gasteiger partial charge < -0.3 is 0 Å². The van der Waals surface area contributed by atoms with E-state index < -0.39 is 0 Å². The fraction of sp³-hybridized carbons (Fsp3) is 0.214. The van der Waals surface area contributed by atoms with Gasteiger partial charge in [-0.15, -0.1) is 11.8 Å². The molecule has 0 saturated carbocycles. The van der Waals surface area contributed by atoms with Gasteiger partial charge in [0.2, 0.25) is 0 Å². The number of nitrogens with one attached hydrogen (secondary N) is 1. The molecule has 20 heavy (non-hydrogen) atoms. The standard InChI is InChI=1S/C14H15Cl2N3S/c15-11-2-1-3-13(7-11)20-9-12(19-17)6-10-4-5-18-8-14(10)16/h1-5,7-8,12,19H,6,9,17H2. The third-order valence-electron chi connectivity index (χ3n) is 2.81. The molecule has 0 fully saturated rings. The number of pyridine rings is 1. The van der Waals surface area contributed by atoms with Crippen molar-refractivity contribution in [2.75, 3.05) is 5.75 Å². The van der Waals surface area contributed by atoms with Crippen molar-refractivity contribution in [3.63, 3.8) is 0 Å². The Morgan fingerprint density at radius 1 is 1.30 bits per heavy atom. The maximum atomic E-state index is 6.11. The Bertz CT molecular complexity index is 566. The van der Waals surface area contributed by atoms with Gasteiger partial charge in [0.1, 0.15) is 0 Å². The Morgan fingerprint density at radius 2 is 2.15 bits per heavy atom. The van der Waals surface area contributed by atoms with Crippen molar-refractivity contribution in [3.05, 3.63) is 58.3 Å². The average molecular weight is 328 g/mol. The summed E-state index contributed by atoms with van der Waals surface area (Å²) < 4.78 is 0. The molecule has 6 heteroatoms. The van der Waals surface area contributed by atoms with Crippen molar-refractivity contribution in [3.8, 4) is 0 Å². The molecule has 0 aliphatic heterocycles. The van der Waals surface area contributed by atoms with Crippen molar-refractivity contribution in [2.45, 2.75) is 17.4 Å². The molecule has 0 spiro atoms. The first-order valence-corrected chi connectivity index (χ1v) is 7.86. The number of nitrogens with zero attached hydrogens (tertiary/aromatic N) is 1. The third kappa shape index (κ3) is 4.65. The molecule has 106 valence electrons. The van der Waals surface area contributed by atoms with E-state index in [1.165, 1.54) is 0 Å². The van der Waals surface area contributed by atoms with E-state index in [0.717, 1.165) is 27.7 Å². The molecule has 1 atom stereocenters. The van der Waals surface area contributed by atoms with Crippen molar-refractivity contribution in [1.29, 1.82) is 0 Å². The molecule has 0 bridgehead atoms. The smallest absolute Gasteiger partial charge is 0.0621 e. The van der Waals surface area contributed by atoms with E-state index in [2.05, 4.69) is 10.4 Å². The lowest BCUT2D eigenvalue weighted by Crippen LogP contribution is -2.38. The zero-order chi connectivity index (χ0) is 14.4. The Labute approximate surface area is 132 Å². The molecule has 1 aromatic carbocycles. The van der Waals surface area contributed by atoms with E-state index in [4.69, 9.17) is 29.0 Å². The van der Waals surface area contributed by atoms with Crippen LogP contribution in [0.3, 0.4) is 0 Å². The van der Waals surface area contributed by atoms with Gasteiger partial charge >= 0.3 is 0 Å². The van der Waals surface area contributed by atoms with E-state index in [0.29, 0.717) is 5.02 Å². The first-order chi connectivity index (χ1) is 9.69. The van der Waals surface area contributed by atoms with Gasteiger partial charge in [-0.25, -0.2) is 0 Å². The molecular weight excluding hydrogens is 313 g/mol. The van der Waals surface area contributed by atoms with Gasteiger partial charge in [-0.3, -0.25) is 16.3 Å². The van der Waals surface area contributed by atoms with Crippen molar-refractivity contribution < 1.29 is 0 Å². The third-order valence-corrected chi connectivity index (χ3v) is 4.54. The topological polar surface area (TPSA) is 50.9 Å². The Hall–Kier alpha value is -0.780. The van der Waals surface area contributed by atoms with E-state index in [-0.39, 0.29) is 6.04 Å². The van der Waals surface area contributed by atoms with Crippen molar-refractivity contribution in [1.82, 2.24) is 10.4 Å². The summed E-state index contributed by atoms with van der Waals surface area (Å²) in [7, 11) is 0. The number of thioether (sulfide) groups is 1. The summed E-state index contributed by atoms with van der Waals surface area (Å²) in [4.78, 5) is 5.10. The molecule has 2 rings (SSSR count). The summed E-state index contributed by atoms with van der Waals surface area (Å²) in [6.45, 7) is 0. The molecular formula is C14H15Cl2N3S. The fourth-order valence-corrected chi connectivity index (χ4v) is 3.20. The molecule has 1 unspecified atom stereocenters. The van der Waals surface area contributed by atoms with Gasteiger partial charge in [-0.05, 0) is 36.2 Å². The minimum Gasteiger partial charge on any atom is -0.271 e. The van der Waals surface area contributed by atoms with Crippen molar-refractivity contribution in [2.24, 2.45) is 5.84 Å². The number of hydrogen-bond donors (Lipinski definition) is 2. The van der Waals surface area contributed by atoms with Crippen LogP contribution in [0, 0.1) is 0 Å². The van der Waals surface area contributed by atoms with Gasteiger partial charge in [-0.1, -0.05) is 29.3 Å². The van der Waals surface area contributed by atoms with Crippen molar-refractivity contribution >= 4 is 35.0 Å². The first kappa shape index (κ1) is 15.6. The van der Waals surface area contributed by atoms with Crippen LogP contribution < -0.4 is 11.3 Å². The Morgan fingerprint density at radius 3 is 2.85 bits per heavy atom. The molecule has 2 aromatic rings. The van der Waals surface area contributed by atoms with Crippen LogP contribution >= 0.6 is 35.0 Å². The molecule has 0 saturated heterocycles. The summed E-state index contributed by atoms with van der Waals surface area (Å²) in [6, 6.07) is 9.81. The van der Waals surface area contributed by atoms with Gasteiger partial charge in [0, 0.05) is 34.1 Å². The number of hydrogen-bond acceptors (Lipinski definition) is 4. The lowest BCUT2D eigenvalue weighted by molar-refractivity contribution is 0.575. The number of hydrazine groups is 1. The van der Waals surface area contributed by atoms with E-state index in [9.17, 15) is 0 Å². The van der Waals surface area contributed by atoms with E-state index in [1.54, 1.807) is 24.2 Å². The maximum Gasteiger partial charge on any atom is 0.0621 e. The summed E-state index contributed by atoms with van der Waals surface area (Å²) >= 11 is 13.8. The molecule has 3 nitrogen and oxygen atoms in total. The number of rotatable bonds is 6. The molecule has 0 radical (unpaired) electrons. The second-order valence-electron chi connectivity index (χ2n) is 4.30. The predicted molar refractivity (Wildman–Crippen MR) is 86.2 cm³/mol. The van der Waals surface area contributed by atoms with E-state index >= 15 is 0 Å². The highest BCUT2D eigenvalue weighted by atomic mass is 35.5. The summed E-state index contributed by atoms with van der Waals surface area (Å²) in [5.41, 5.74) is 3.87. The van der Waals surface area contributed by atoms with Crippen LogP contribution in [0.4, 0.5) is 0 Å². The molecule has 1 heterocycles. The second-order valence-corrected chi connectivity index (χ2v) is 6.24. The average Bonchev–Trinajstić information content (AvgIpc) is 2.45. The maximum absolute atomic E-state index is 6.11. The normalized spacial score (nSPS) is 12.3. The van der Waals surface area contributed by atoms with Crippen LogP contribution in [0.2, 0.25) is 10.0 Å². The zero-order valence-corrected chi connectivity index (χ0v) is 13.1. The quantitative estimate of drug-likeness (QED) is 0.484. The van der Waals surface area contributed by atoms with E-state index in [1.807, 2.05) is 30.3 Å². The first-order valence-electron chi connectivity index (χ1n) is 6.12. The SMILES string of the molecule is NNC(CSc1cccc(Cl)c1)Cc1ccncc1Cl. The zero-order valence-electron chi connectivity index (χ0n) is 10.7. The monoisotopic (exact) mass is 327 g/mol. The van der Waals surface area contributed by atoms with Gasteiger partial charge in [0.25, 0.3) is 0 Å².